The monoisotopic (exact) mass is 338 g/mol. The summed E-state index contributed by atoms with van der Waals surface area (Å²) in [7, 11) is 0. The van der Waals surface area contributed by atoms with Crippen LogP contribution < -0.4 is 4.74 Å². The smallest absolute Gasteiger partial charge is 0.129 e. The van der Waals surface area contributed by atoms with Crippen LogP contribution in [0, 0.1) is 19.7 Å². The van der Waals surface area contributed by atoms with Gasteiger partial charge in [0.1, 0.15) is 18.2 Å². The Balaban J connectivity index is 2.21. The molecule has 0 bridgehead atoms. The van der Waals surface area contributed by atoms with Crippen molar-refractivity contribution < 1.29 is 14.2 Å². The number of benzene rings is 2. The Morgan fingerprint density at radius 2 is 1.80 bits per heavy atom. The fraction of sp³-hybridized carbons (Fsp3) is 0.250. The lowest BCUT2D eigenvalue weighted by Gasteiger charge is -2.14. The summed E-state index contributed by atoms with van der Waals surface area (Å²) in [5.74, 6) is 0.456. The zero-order valence-electron chi connectivity index (χ0n) is 11.4. The lowest BCUT2D eigenvalue weighted by atomic mass is 10.1. The number of halogens is 2. The molecule has 2 nitrogen and oxygen atoms in total. The van der Waals surface area contributed by atoms with E-state index >= 15 is 0 Å². The highest BCUT2D eigenvalue weighted by Crippen LogP contribution is 2.26. The first-order chi connectivity index (χ1) is 9.51. The molecule has 0 saturated heterocycles. The number of hydrogen-bond donors (Lipinski definition) is 1. The minimum Gasteiger partial charge on any atom is -0.488 e. The molecular formula is C16H16BrFO2. The summed E-state index contributed by atoms with van der Waals surface area (Å²) in [6.07, 6.45) is 0. The fourth-order valence-electron chi connectivity index (χ4n) is 2.16. The molecule has 0 aliphatic rings. The Morgan fingerprint density at radius 3 is 2.40 bits per heavy atom. The van der Waals surface area contributed by atoms with E-state index in [0.717, 1.165) is 26.9 Å². The molecular weight excluding hydrogens is 323 g/mol. The number of rotatable bonds is 4. The van der Waals surface area contributed by atoms with Crippen molar-refractivity contribution in [2.24, 2.45) is 0 Å². The van der Waals surface area contributed by atoms with Gasteiger partial charge < -0.3 is 9.84 Å². The van der Waals surface area contributed by atoms with E-state index < -0.39 is 0 Å². The van der Waals surface area contributed by atoms with Gasteiger partial charge in [0, 0.05) is 10.0 Å². The van der Waals surface area contributed by atoms with Crippen molar-refractivity contribution in [2.75, 3.05) is 0 Å². The molecule has 2 aromatic rings. The summed E-state index contributed by atoms with van der Waals surface area (Å²) in [5, 5.41) is 9.16. The molecule has 0 aromatic heterocycles. The molecule has 4 heteroatoms. The van der Waals surface area contributed by atoms with Gasteiger partial charge in [-0.15, -0.1) is 0 Å². The van der Waals surface area contributed by atoms with E-state index in [1.54, 1.807) is 12.1 Å². The maximum absolute atomic E-state index is 13.7. The second-order valence-corrected chi connectivity index (χ2v) is 5.66. The van der Waals surface area contributed by atoms with Crippen LogP contribution in [0.2, 0.25) is 0 Å². The van der Waals surface area contributed by atoms with Crippen LogP contribution in [-0.2, 0) is 13.2 Å². The Kier molecular flexibility index (Phi) is 4.78. The first-order valence-electron chi connectivity index (χ1n) is 6.29. The minimum atomic E-state index is -0.282. The highest BCUT2D eigenvalue weighted by Gasteiger charge is 2.09. The van der Waals surface area contributed by atoms with Crippen molar-refractivity contribution in [3.8, 4) is 5.75 Å². The number of aliphatic hydroxyl groups is 1. The highest BCUT2D eigenvalue weighted by atomic mass is 79.9. The quantitative estimate of drug-likeness (QED) is 0.901. The molecule has 0 aliphatic heterocycles. The number of aliphatic hydroxyl groups excluding tert-OH is 1. The number of hydrogen-bond acceptors (Lipinski definition) is 2. The van der Waals surface area contributed by atoms with E-state index in [1.165, 1.54) is 6.07 Å². The summed E-state index contributed by atoms with van der Waals surface area (Å²) in [4.78, 5) is 0. The number of aryl methyl sites for hydroxylation is 2. The molecule has 0 saturated carbocycles. The summed E-state index contributed by atoms with van der Waals surface area (Å²) in [6.45, 7) is 4.01. The average molecular weight is 339 g/mol. The molecule has 0 unspecified atom stereocenters. The minimum absolute atomic E-state index is 0.00220. The topological polar surface area (TPSA) is 29.5 Å². The molecule has 0 amide bonds. The molecule has 0 aliphatic carbocycles. The third kappa shape index (κ3) is 3.38. The first kappa shape index (κ1) is 15.0. The molecule has 106 valence electrons. The van der Waals surface area contributed by atoms with Gasteiger partial charge in [-0.05, 0) is 48.7 Å². The lowest BCUT2D eigenvalue weighted by Crippen LogP contribution is -2.02. The van der Waals surface area contributed by atoms with Crippen molar-refractivity contribution in [1.82, 2.24) is 0 Å². The third-order valence-corrected chi connectivity index (χ3v) is 3.58. The van der Waals surface area contributed by atoms with E-state index in [0.29, 0.717) is 5.56 Å². The molecule has 0 radical (unpaired) electrons. The van der Waals surface area contributed by atoms with Crippen LogP contribution in [0.3, 0.4) is 0 Å². The van der Waals surface area contributed by atoms with Crippen LogP contribution in [0.15, 0.2) is 34.8 Å². The van der Waals surface area contributed by atoms with Gasteiger partial charge in [-0.1, -0.05) is 28.1 Å². The van der Waals surface area contributed by atoms with Gasteiger partial charge in [0.05, 0.1) is 6.61 Å². The van der Waals surface area contributed by atoms with Gasteiger partial charge in [0.15, 0.2) is 0 Å². The zero-order valence-corrected chi connectivity index (χ0v) is 13.0. The predicted octanol–water partition coefficient (Wildman–Crippen LogP) is 4.28. The van der Waals surface area contributed by atoms with Crippen LogP contribution >= 0.6 is 15.9 Å². The Hall–Kier alpha value is -1.39. The Bertz CT molecular complexity index is 603. The summed E-state index contributed by atoms with van der Waals surface area (Å²) < 4.78 is 20.2. The van der Waals surface area contributed by atoms with Crippen molar-refractivity contribution in [1.29, 1.82) is 0 Å². The Labute approximate surface area is 126 Å². The maximum Gasteiger partial charge on any atom is 0.129 e. The highest BCUT2D eigenvalue weighted by molar-refractivity contribution is 9.10. The molecule has 0 spiro atoms. The molecule has 0 fully saturated rings. The molecule has 2 aromatic carbocycles. The van der Waals surface area contributed by atoms with Crippen molar-refractivity contribution in [2.45, 2.75) is 27.1 Å². The van der Waals surface area contributed by atoms with Crippen LogP contribution in [0.1, 0.15) is 22.3 Å². The van der Waals surface area contributed by atoms with Crippen LogP contribution in [-0.4, -0.2) is 5.11 Å². The van der Waals surface area contributed by atoms with Gasteiger partial charge in [-0.25, -0.2) is 4.39 Å². The standard InChI is InChI=1S/C16H16BrFO2/c1-10-5-12(8-19)6-11(2)16(10)20-9-13-7-14(17)3-4-15(13)18/h3-7,19H,8-9H2,1-2H3. The Morgan fingerprint density at radius 1 is 1.15 bits per heavy atom. The third-order valence-electron chi connectivity index (χ3n) is 3.08. The normalized spacial score (nSPS) is 10.7. The maximum atomic E-state index is 13.7. The van der Waals surface area contributed by atoms with Gasteiger partial charge in [0.2, 0.25) is 0 Å². The van der Waals surface area contributed by atoms with E-state index in [2.05, 4.69) is 15.9 Å². The second kappa shape index (κ2) is 6.37. The van der Waals surface area contributed by atoms with Gasteiger partial charge >= 0.3 is 0 Å². The lowest BCUT2D eigenvalue weighted by molar-refractivity contribution is 0.279. The SMILES string of the molecule is Cc1cc(CO)cc(C)c1OCc1cc(Br)ccc1F. The van der Waals surface area contributed by atoms with Crippen molar-refractivity contribution in [3.63, 3.8) is 0 Å². The fourth-order valence-corrected chi connectivity index (χ4v) is 2.57. The molecule has 20 heavy (non-hydrogen) atoms. The number of ether oxygens (including phenoxy) is 1. The van der Waals surface area contributed by atoms with E-state index in [-0.39, 0.29) is 19.0 Å². The van der Waals surface area contributed by atoms with Crippen LogP contribution in [0.5, 0.6) is 5.75 Å². The van der Waals surface area contributed by atoms with Gasteiger partial charge in [-0.3, -0.25) is 0 Å². The first-order valence-corrected chi connectivity index (χ1v) is 7.08. The summed E-state index contributed by atoms with van der Waals surface area (Å²) >= 11 is 3.32. The molecule has 2 rings (SSSR count). The molecule has 1 N–H and O–H groups in total. The van der Waals surface area contributed by atoms with Gasteiger partial charge in [0.25, 0.3) is 0 Å². The van der Waals surface area contributed by atoms with Crippen molar-refractivity contribution in [3.05, 3.63) is 62.9 Å². The molecule has 0 heterocycles. The van der Waals surface area contributed by atoms with E-state index in [9.17, 15) is 4.39 Å². The average Bonchev–Trinajstić information content (AvgIpc) is 2.41. The van der Waals surface area contributed by atoms with Crippen LogP contribution in [0.4, 0.5) is 4.39 Å². The largest absolute Gasteiger partial charge is 0.488 e. The second-order valence-electron chi connectivity index (χ2n) is 4.74. The van der Waals surface area contributed by atoms with E-state index in [4.69, 9.17) is 9.84 Å². The molecule has 0 atom stereocenters. The zero-order chi connectivity index (χ0) is 14.7. The van der Waals surface area contributed by atoms with Crippen LogP contribution in [0.25, 0.3) is 0 Å². The summed E-state index contributed by atoms with van der Waals surface area (Å²) in [6, 6.07) is 8.53. The van der Waals surface area contributed by atoms with E-state index in [1.807, 2.05) is 26.0 Å². The summed E-state index contributed by atoms with van der Waals surface area (Å²) in [5.41, 5.74) is 3.22. The van der Waals surface area contributed by atoms with Crippen molar-refractivity contribution >= 4 is 15.9 Å². The van der Waals surface area contributed by atoms with Gasteiger partial charge in [-0.2, -0.15) is 0 Å². The predicted molar refractivity (Wildman–Crippen MR) is 80.3 cm³/mol.